The van der Waals surface area contributed by atoms with E-state index < -0.39 is 23.5 Å². The van der Waals surface area contributed by atoms with Crippen LogP contribution in [0.5, 0.6) is 0 Å². The molecule has 0 aromatic carbocycles. The van der Waals surface area contributed by atoms with Gasteiger partial charge in [0.2, 0.25) is 0 Å². The Morgan fingerprint density at radius 2 is 1.75 bits per heavy atom. The van der Waals surface area contributed by atoms with E-state index in [0.29, 0.717) is 0 Å². The number of amides is 2. The molecule has 2 atom stereocenters. The van der Waals surface area contributed by atoms with E-state index in [0.717, 1.165) is 6.42 Å². The van der Waals surface area contributed by atoms with E-state index in [2.05, 4.69) is 10.6 Å². The first kappa shape index (κ1) is 14.7. The first-order valence-electron chi connectivity index (χ1n) is 5.48. The smallest absolute Gasteiger partial charge is 0.326 e. The lowest BCUT2D eigenvalue weighted by molar-refractivity contribution is -0.141. The van der Waals surface area contributed by atoms with Crippen molar-refractivity contribution >= 4 is 12.0 Å². The summed E-state index contributed by atoms with van der Waals surface area (Å²) in [5.74, 6) is -1.02. The standard InChI is InChI=1S/C11H22N2O3/c1-6-7(2)12-10(16)13-8(9(14)15)11(3,4)5/h7-8H,6H2,1-5H3,(H,14,15)(H2,12,13,16)/t7?,8-/m1/s1. The molecule has 0 saturated carbocycles. The summed E-state index contributed by atoms with van der Waals surface area (Å²) >= 11 is 0. The second-order valence-corrected chi connectivity index (χ2v) is 5.06. The molecule has 16 heavy (non-hydrogen) atoms. The molecule has 94 valence electrons. The van der Waals surface area contributed by atoms with Crippen LogP contribution in [0.2, 0.25) is 0 Å². The van der Waals surface area contributed by atoms with Crippen LogP contribution in [0.4, 0.5) is 4.79 Å². The van der Waals surface area contributed by atoms with E-state index in [1.165, 1.54) is 0 Å². The van der Waals surface area contributed by atoms with Gasteiger partial charge in [0.1, 0.15) is 6.04 Å². The van der Waals surface area contributed by atoms with Gasteiger partial charge in [0.15, 0.2) is 0 Å². The van der Waals surface area contributed by atoms with Crippen LogP contribution in [-0.2, 0) is 4.79 Å². The summed E-state index contributed by atoms with van der Waals surface area (Å²) in [6.07, 6.45) is 0.806. The Hall–Kier alpha value is -1.26. The number of urea groups is 1. The van der Waals surface area contributed by atoms with Crippen molar-refractivity contribution < 1.29 is 14.7 Å². The van der Waals surface area contributed by atoms with E-state index in [9.17, 15) is 9.59 Å². The van der Waals surface area contributed by atoms with Crippen molar-refractivity contribution in [2.24, 2.45) is 5.41 Å². The number of hydrogen-bond donors (Lipinski definition) is 3. The van der Waals surface area contributed by atoms with Crippen molar-refractivity contribution in [3.05, 3.63) is 0 Å². The second-order valence-electron chi connectivity index (χ2n) is 5.06. The van der Waals surface area contributed by atoms with Gasteiger partial charge in [0, 0.05) is 6.04 Å². The highest BCUT2D eigenvalue weighted by Gasteiger charge is 2.32. The highest BCUT2D eigenvalue weighted by Crippen LogP contribution is 2.19. The molecule has 0 rings (SSSR count). The number of hydrogen-bond acceptors (Lipinski definition) is 2. The second kappa shape index (κ2) is 5.72. The molecule has 0 aliphatic heterocycles. The molecule has 0 fully saturated rings. The zero-order chi connectivity index (χ0) is 12.9. The number of carbonyl (C=O) groups excluding carboxylic acids is 1. The average Bonchev–Trinajstić information content (AvgIpc) is 2.11. The Morgan fingerprint density at radius 3 is 2.06 bits per heavy atom. The summed E-state index contributed by atoms with van der Waals surface area (Å²) in [4.78, 5) is 22.5. The molecule has 0 aliphatic carbocycles. The topological polar surface area (TPSA) is 78.4 Å². The third-order valence-electron chi connectivity index (χ3n) is 2.38. The fourth-order valence-electron chi connectivity index (χ4n) is 1.15. The fraction of sp³-hybridized carbons (Fsp3) is 0.818. The van der Waals surface area contributed by atoms with Crippen molar-refractivity contribution in [3.63, 3.8) is 0 Å². The molecular formula is C11H22N2O3. The Kier molecular flexibility index (Phi) is 5.27. The molecule has 5 heteroatoms. The highest BCUT2D eigenvalue weighted by atomic mass is 16.4. The van der Waals surface area contributed by atoms with E-state index in [4.69, 9.17) is 5.11 Å². The van der Waals surface area contributed by atoms with Gasteiger partial charge in [-0.15, -0.1) is 0 Å². The zero-order valence-electron chi connectivity index (χ0n) is 10.6. The van der Waals surface area contributed by atoms with Gasteiger partial charge in [-0.3, -0.25) is 0 Å². The van der Waals surface area contributed by atoms with Crippen LogP contribution >= 0.6 is 0 Å². The monoisotopic (exact) mass is 230 g/mol. The Labute approximate surface area is 96.6 Å². The van der Waals surface area contributed by atoms with Crippen molar-refractivity contribution in [1.82, 2.24) is 10.6 Å². The number of carboxylic acid groups (broad SMARTS) is 1. The first-order valence-corrected chi connectivity index (χ1v) is 5.48. The zero-order valence-corrected chi connectivity index (χ0v) is 10.6. The number of rotatable bonds is 4. The third-order valence-corrected chi connectivity index (χ3v) is 2.38. The fourth-order valence-corrected chi connectivity index (χ4v) is 1.15. The van der Waals surface area contributed by atoms with Gasteiger partial charge in [0.05, 0.1) is 0 Å². The summed E-state index contributed by atoms with van der Waals surface area (Å²) < 4.78 is 0. The largest absolute Gasteiger partial charge is 0.480 e. The molecule has 0 radical (unpaired) electrons. The minimum absolute atomic E-state index is 0.0365. The molecule has 3 N–H and O–H groups in total. The molecule has 1 unspecified atom stereocenters. The molecule has 0 spiro atoms. The molecule has 0 heterocycles. The van der Waals surface area contributed by atoms with Crippen LogP contribution in [0.1, 0.15) is 41.0 Å². The molecule has 0 aliphatic rings. The summed E-state index contributed by atoms with van der Waals surface area (Å²) in [6, 6.07) is -1.29. The Morgan fingerprint density at radius 1 is 1.25 bits per heavy atom. The minimum Gasteiger partial charge on any atom is -0.480 e. The predicted octanol–water partition coefficient (Wildman–Crippen LogP) is 1.58. The molecule has 0 saturated heterocycles. The predicted molar refractivity (Wildman–Crippen MR) is 62.3 cm³/mol. The Balaban J connectivity index is 4.43. The van der Waals surface area contributed by atoms with Crippen molar-refractivity contribution in [1.29, 1.82) is 0 Å². The van der Waals surface area contributed by atoms with Gasteiger partial charge >= 0.3 is 12.0 Å². The van der Waals surface area contributed by atoms with E-state index in [1.807, 2.05) is 13.8 Å². The quantitative estimate of drug-likeness (QED) is 0.686. The molecular weight excluding hydrogens is 208 g/mol. The van der Waals surface area contributed by atoms with Gasteiger partial charge in [0.25, 0.3) is 0 Å². The van der Waals surface area contributed by atoms with E-state index in [1.54, 1.807) is 20.8 Å². The Bertz CT molecular complexity index is 258. The van der Waals surface area contributed by atoms with Gasteiger partial charge in [-0.05, 0) is 18.8 Å². The van der Waals surface area contributed by atoms with Crippen molar-refractivity contribution in [2.45, 2.75) is 53.1 Å². The van der Waals surface area contributed by atoms with Crippen LogP contribution in [0.15, 0.2) is 0 Å². The number of nitrogens with one attached hydrogen (secondary N) is 2. The molecule has 0 aromatic rings. The summed E-state index contributed by atoms with van der Waals surface area (Å²) in [5, 5.41) is 14.2. The number of carboxylic acids is 1. The minimum atomic E-state index is -1.02. The van der Waals surface area contributed by atoms with Crippen LogP contribution in [-0.4, -0.2) is 29.2 Å². The average molecular weight is 230 g/mol. The molecule has 0 bridgehead atoms. The molecule has 5 nitrogen and oxygen atoms in total. The summed E-state index contributed by atoms with van der Waals surface area (Å²) in [6.45, 7) is 9.13. The lowest BCUT2D eigenvalue weighted by atomic mass is 9.87. The van der Waals surface area contributed by atoms with Gasteiger partial charge < -0.3 is 15.7 Å². The molecule has 2 amide bonds. The van der Waals surface area contributed by atoms with Crippen LogP contribution in [0.25, 0.3) is 0 Å². The van der Waals surface area contributed by atoms with Crippen molar-refractivity contribution in [3.8, 4) is 0 Å². The third kappa shape index (κ3) is 5.00. The lowest BCUT2D eigenvalue weighted by Gasteiger charge is -2.28. The lowest BCUT2D eigenvalue weighted by Crippen LogP contribution is -2.53. The van der Waals surface area contributed by atoms with Crippen molar-refractivity contribution in [2.75, 3.05) is 0 Å². The van der Waals surface area contributed by atoms with Gasteiger partial charge in [-0.2, -0.15) is 0 Å². The van der Waals surface area contributed by atoms with E-state index in [-0.39, 0.29) is 6.04 Å². The highest BCUT2D eigenvalue weighted by molar-refractivity contribution is 5.83. The summed E-state index contributed by atoms with van der Waals surface area (Å²) in [5.41, 5.74) is -0.515. The maximum atomic E-state index is 11.5. The van der Waals surface area contributed by atoms with Crippen LogP contribution in [0.3, 0.4) is 0 Å². The van der Waals surface area contributed by atoms with Crippen LogP contribution in [0, 0.1) is 5.41 Å². The van der Waals surface area contributed by atoms with Crippen LogP contribution < -0.4 is 10.6 Å². The maximum Gasteiger partial charge on any atom is 0.326 e. The molecule has 0 aromatic heterocycles. The maximum absolute atomic E-state index is 11.5. The normalized spacial score (nSPS) is 15.1. The number of carbonyl (C=O) groups is 2. The first-order chi connectivity index (χ1) is 7.18. The number of aliphatic carboxylic acids is 1. The van der Waals surface area contributed by atoms with Gasteiger partial charge in [-0.25, -0.2) is 9.59 Å². The summed E-state index contributed by atoms with van der Waals surface area (Å²) in [7, 11) is 0. The van der Waals surface area contributed by atoms with Gasteiger partial charge in [-0.1, -0.05) is 27.7 Å². The SMILES string of the molecule is CCC(C)NC(=O)N[C@H](C(=O)O)C(C)(C)C. The van der Waals surface area contributed by atoms with E-state index >= 15 is 0 Å².